The molecular weight excluding hydrogens is 619 g/mol. The first kappa shape index (κ1) is 29.4. The van der Waals surface area contributed by atoms with Crippen LogP contribution in [0.15, 0.2) is 188 Å². The third kappa shape index (κ3) is 4.91. The molecule has 2 heteroatoms. The molecule has 0 saturated carbocycles. The smallest absolute Gasteiger partial charge is 0.239 e. The van der Waals surface area contributed by atoms with Gasteiger partial charge in [-0.25, -0.2) is 0 Å². The highest BCUT2D eigenvalue weighted by Gasteiger charge is 2.38. The third-order valence-corrected chi connectivity index (χ3v) is 10.7. The highest BCUT2D eigenvalue weighted by molar-refractivity contribution is 6.18. The van der Waals surface area contributed by atoms with Gasteiger partial charge in [-0.2, -0.15) is 0 Å². The lowest BCUT2D eigenvalue weighted by molar-refractivity contribution is 0.0856. The average molecular weight is 652 g/mol. The van der Waals surface area contributed by atoms with Crippen molar-refractivity contribution in [2.75, 3.05) is 0 Å². The number of carbonyl (C=O) groups excluding carboxylic acids is 1. The SMILES string of the molecule is O=C1C2C=CC(c3ccccc3)=CC2c2cc(-c3cccc(-c4ccccc4)c3)cc3c4cc(-c5cccc(-c6ccccc6)c5)ccc4n1c23. The Morgan fingerprint density at radius 3 is 1.55 bits per heavy atom. The molecule has 0 spiro atoms. The number of carbonyl (C=O) groups is 1. The van der Waals surface area contributed by atoms with Gasteiger partial charge in [-0.3, -0.25) is 9.36 Å². The molecule has 240 valence electrons. The maximum absolute atomic E-state index is 14.6. The fraction of sp³-hybridized carbons (Fsp3) is 0.0408. The van der Waals surface area contributed by atoms with E-state index in [-0.39, 0.29) is 17.7 Å². The first-order valence-corrected chi connectivity index (χ1v) is 17.6. The summed E-state index contributed by atoms with van der Waals surface area (Å²) in [5, 5.41) is 2.21. The molecule has 2 unspecified atom stereocenters. The Balaban J connectivity index is 1.21. The fourth-order valence-corrected chi connectivity index (χ4v) is 8.20. The number of hydrogen-bond acceptors (Lipinski definition) is 1. The number of allylic oxidation sites excluding steroid dienone is 4. The Morgan fingerprint density at radius 2 is 0.922 bits per heavy atom. The van der Waals surface area contributed by atoms with Gasteiger partial charge in [0.15, 0.2) is 0 Å². The topological polar surface area (TPSA) is 22.0 Å². The van der Waals surface area contributed by atoms with Gasteiger partial charge < -0.3 is 0 Å². The van der Waals surface area contributed by atoms with Crippen molar-refractivity contribution >= 4 is 33.3 Å². The van der Waals surface area contributed by atoms with Crippen molar-refractivity contribution in [2.24, 2.45) is 5.92 Å². The molecule has 2 aliphatic rings. The summed E-state index contributed by atoms with van der Waals surface area (Å²) in [6.07, 6.45) is 6.58. The van der Waals surface area contributed by atoms with E-state index in [0.29, 0.717) is 0 Å². The van der Waals surface area contributed by atoms with Crippen LogP contribution >= 0.6 is 0 Å². The Kier molecular flexibility index (Phi) is 6.82. The number of hydrogen-bond donors (Lipinski definition) is 0. The molecule has 1 aliphatic heterocycles. The van der Waals surface area contributed by atoms with E-state index in [1.807, 2.05) is 10.6 Å². The third-order valence-electron chi connectivity index (χ3n) is 10.7. The minimum atomic E-state index is -0.281. The molecule has 1 aliphatic carbocycles. The zero-order valence-corrected chi connectivity index (χ0v) is 27.9. The summed E-state index contributed by atoms with van der Waals surface area (Å²) < 4.78 is 2.00. The number of benzene rings is 7. The zero-order chi connectivity index (χ0) is 33.9. The molecule has 8 aromatic rings. The molecule has 0 fully saturated rings. The molecule has 0 N–H and O–H groups in total. The van der Waals surface area contributed by atoms with Crippen molar-refractivity contribution in [3.8, 4) is 44.5 Å². The summed E-state index contributed by atoms with van der Waals surface area (Å²) in [6, 6.07) is 60.4. The number of aromatic nitrogens is 1. The van der Waals surface area contributed by atoms with Crippen molar-refractivity contribution < 1.29 is 4.79 Å². The van der Waals surface area contributed by atoms with Crippen molar-refractivity contribution in [1.82, 2.24) is 4.57 Å². The largest absolute Gasteiger partial charge is 0.279 e. The standard InChI is InChI=1S/C49H33NO/c51-49-42-24-22-39(34-16-8-3-9-17-34)28-43(42)45-30-41(38-21-11-19-36(27-38)33-14-6-2-7-15-33)31-46-44-29-40(23-25-47(44)50(49)48(45)46)37-20-10-18-35(26-37)32-12-4-1-5-13-32/h1-31,42-43H. The normalized spacial score (nSPS) is 16.3. The highest BCUT2D eigenvalue weighted by Crippen LogP contribution is 2.48. The molecule has 0 radical (unpaired) electrons. The maximum Gasteiger partial charge on any atom is 0.239 e. The lowest BCUT2D eigenvalue weighted by atomic mass is 9.76. The molecule has 0 saturated heterocycles. The van der Waals surface area contributed by atoms with E-state index >= 15 is 0 Å². The van der Waals surface area contributed by atoms with E-state index in [9.17, 15) is 4.79 Å². The van der Waals surface area contributed by atoms with Gasteiger partial charge in [0.1, 0.15) is 0 Å². The van der Waals surface area contributed by atoms with E-state index in [1.165, 1.54) is 27.8 Å². The van der Waals surface area contributed by atoms with Gasteiger partial charge in [0.05, 0.1) is 17.0 Å². The van der Waals surface area contributed by atoms with Crippen LogP contribution in [-0.4, -0.2) is 10.5 Å². The van der Waals surface area contributed by atoms with E-state index in [2.05, 4.69) is 182 Å². The van der Waals surface area contributed by atoms with Crippen LogP contribution in [0, 0.1) is 5.92 Å². The fourth-order valence-electron chi connectivity index (χ4n) is 8.20. The van der Waals surface area contributed by atoms with E-state index in [4.69, 9.17) is 0 Å². The van der Waals surface area contributed by atoms with Gasteiger partial charge in [-0.05, 0) is 97.6 Å². The molecule has 51 heavy (non-hydrogen) atoms. The predicted molar refractivity (Wildman–Crippen MR) is 212 cm³/mol. The van der Waals surface area contributed by atoms with Crippen LogP contribution in [0.25, 0.3) is 71.9 Å². The Hall–Kier alpha value is -6.51. The van der Waals surface area contributed by atoms with Crippen molar-refractivity contribution in [3.63, 3.8) is 0 Å². The van der Waals surface area contributed by atoms with Gasteiger partial charge in [0.2, 0.25) is 5.91 Å². The predicted octanol–water partition coefficient (Wildman–Crippen LogP) is 12.5. The quantitative estimate of drug-likeness (QED) is 0.181. The van der Waals surface area contributed by atoms with Crippen molar-refractivity contribution in [1.29, 1.82) is 0 Å². The minimum absolute atomic E-state index is 0.0729. The van der Waals surface area contributed by atoms with Gasteiger partial charge >= 0.3 is 0 Å². The van der Waals surface area contributed by atoms with E-state index in [1.54, 1.807) is 0 Å². The van der Waals surface area contributed by atoms with Crippen LogP contribution in [0.3, 0.4) is 0 Å². The molecule has 2 heterocycles. The molecular formula is C49H33NO. The summed E-state index contributed by atoms with van der Waals surface area (Å²) in [7, 11) is 0. The second-order valence-electron chi connectivity index (χ2n) is 13.7. The van der Waals surface area contributed by atoms with Crippen LogP contribution in [0.1, 0.15) is 21.8 Å². The van der Waals surface area contributed by atoms with Crippen molar-refractivity contribution in [2.45, 2.75) is 5.92 Å². The zero-order valence-electron chi connectivity index (χ0n) is 27.9. The Morgan fingerprint density at radius 1 is 0.412 bits per heavy atom. The first-order chi connectivity index (χ1) is 25.2. The summed E-state index contributed by atoms with van der Waals surface area (Å²) in [4.78, 5) is 14.6. The van der Waals surface area contributed by atoms with Crippen LogP contribution < -0.4 is 0 Å². The van der Waals surface area contributed by atoms with Crippen molar-refractivity contribution in [3.05, 3.63) is 199 Å². The monoisotopic (exact) mass is 651 g/mol. The molecule has 0 bridgehead atoms. The Bertz CT molecular complexity index is 2700. The number of rotatable bonds is 5. The van der Waals surface area contributed by atoms with Gasteiger partial charge in [0.25, 0.3) is 0 Å². The second kappa shape index (κ2) is 11.8. The summed E-state index contributed by atoms with van der Waals surface area (Å²) in [6.45, 7) is 0. The van der Waals surface area contributed by atoms with Crippen LogP contribution in [0.5, 0.6) is 0 Å². The van der Waals surface area contributed by atoms with E-state index in [0.717, 1.165) is 55.2 Å². The second-order valence-corrected chi connectivity index (χ2v) is 13.7. The van der Waals surface area contributed by atoms with Gasteiger partial charge in [-0.15, -0.1) is 0 Å². The Labute approximate surface area is 297 Å². The summed E-state index contributed by atoms with van der Waals surface area (Å²) in [5.74, 6) is -0.224. The molecule has 7 aromatic carbocycles. The number of nitrogens with zero attached hydrogens (tertiary/aromatic N) is 1. The molecule has 0 amide bonds. The first-order valence-electron chi connectivity index (χ1n) is 17.6. The molecule has 1 aromatic heterocycles. The molecule has 2 atom stereocenters. The average Bonchev–Trinajstić information content (AvgIpc) is 3.55. The highest BCUT2D eigenvalue weighted by atomic mass is 16.2. The molecule has 2 nitrogen and oxygen atoms in total. The van der Waals surface area contributed by atoms with Crippen LogP contribution in [0.2, 0.25) is 0 Å². The van der Waals surface area contributed by atoms with E-state index < -0.39 is 0 Å². The number of fused-ring (bicyclic) bond motifs is 5. The van der Waals surface area contributed by atoms with Gasteiger partial charge in [-0.1, -0.05) is 152 Å². The molecule has 10 rings (SSSR count). The van der Waals surface area contributed by atoms with Gasteiger partial charge in [0, 0.05) is 16.7 Å². The summed E-state index contributed by atoms with van der Waals surface area (Å²) >= 11 is 0. The summed E-state index contributed by atoms with van der Waals surface area (Å²) in [5.41, 5.74) is 14.8. The lowest BCUT2D eigenvalue weighted by Crippen LogP contribution is -2.31. The lowest BCUT2D eigenvalue weighted by Gasteiger charge is -2.32. The van der Waals surface area contributed by atoms with Crippen LogP contribution in [-0.2, 0) is 0 Å². The minimum Gasteiger partial charge on any atom is -0.279 e. The maximum atomic E-state index is 14.6. The van der Waals surface area contributed by atoms with Crippen LogP contribution in [0.4, 0.5) is 0 Å².